The van der Waals surface area contributed by atoms with E-state index < -0.39 is 17.8 Å². The van der Waals surface area contributed by atoms with Crippen LogP contribution in [0.4, 0.5) is 9.18 Å². The standard InChI is InChI=1S/C23H24FN5O3S/c24-18-12-6-7-13-19(18)32-14-20-27-28-23(29(20)17-10-2-1-3-11-17)33-15-21(30)26-22(31)25-16-8-4-5-9-16/h1-3,6-7,10-13,16H,4-5,8-9,14-15H2,(H2,25,26,30,31). The minimum atomic E-state index is -0.476. The van der Waals surface area contributed by atoms with E-state index in [9.17, 15) is 14.0 Å². The number of thioether (sulfide) groups is 1. The number of nitrogens with one attached hydrogen (secondary N) is 2. The molecule has 3 amide bonds. The second-order valence-corrected chi connectivity index (χ2v) is 8.52. The quantitative estimate of drug-likeness (QED) is 0.487. The normalized spacial score (nSPS) is 13.6. The molecule has 1 aromatic heterocycles. The van der Waals surface area contributed by atoms with Crippen molar-refractivity contribution < 1.29 is 18.7 Å². The number of carbonyl (C=O) groups excluding carboxylic acids is 2. The van der Waals surface area contributed by atoms with Crippen molar-refractivity contribution in [3.63, 3.8) is 0 Å². The van der Waals surface area contributed by atoms with Crippen molar-refractivity contribution >= 4 is 23.7 Å². The van der Waals surface area contributed by atoms with Crippen LogP contribution in [-0.2, 0) is 11.4 Å². The number of halogens is 1. The third kappa shape index (κ3) is 6.10. The maximum atomic E-state index is 13.9. The van der Waals surface area contributed by atoms with Gasteiger partial charge in [0.1, 0.15) is 6.61 Å². The summed E-state index contributed by atoms with van der Waals surface area (Å²) in [6.45, 7) is -0.0145. The molecule has 0 aliphatic heterocycles. The summed E-state index contributed by atoms with van der Waals surface area (Å²) in [6.07, 6.45) is 4.06. The average Bonchev–Trinajstić information content (AvgIpc) is 3.47. The maximum absolute atomic E-state index is 13.9. The lowest BCUT2D eigenvalue weighted by Crippen LogP contribution is -2.44. The van der Waals surface area contributed by atoms with Gasteiger partial charge in [-0.1, -0.05) is 54.9 Å². The number of amides is 3. The number of rotatable bonds is 8. The molecule has 1 heterocycles. The Morgan fingerprint density at radius 1 is 1.06 bits per heavy atom. The molecule has 4 rings (SSSR count). The van der Waals surface area contributed by atoms with Crippen molar-refractivity contribution in [3.8, 4) is 11.4 Å². The van der Waals surface area contributed by atoms with E-state index in [-0.39, 0.29) is 24.2 Å². The predicted molar refractivity (Wildman–Crippen MR) is 122 cm³/mol. The Labute approximate surface area is 194 Å². The van der Waals surface area contributed by atoms with Gasteiger partial charge in [-0.05, 0) is 37.1 Å². The van der Waals surface area contributed by atoms with Gasteiger partial charge >= 0.3 is 6.03 Å². The minimum absolute atomic E-state index is 0.0145. The molecule has 10 heteroatoms. The fourth-order valence-electron chi connectivity index (χ4n) is 3.61. The summed E-state index contributed by atoms with van der Waals surface area (Å²) in [6, 6.07) is 15.1. The number of aromatic nitrogens is 3. The third-order valence-electron chi connectivity index (χ3n) is 5.18. The number of hydrogen-bond donors (Lipinski definition) is 2. The SMILES string of the molecule is O=C(CSc1nnc(COc2ccccc2F)n1-c1ccccc1)NC(=O)NC1CCCC1. The van der Waals surface area contributed by atoms with Gasteiger partial charge in [0.2, 0.25) is 5.91 Å². The number of imide groups is 1. The number of ether oxygens (including phenoxy) is 1. The van der Waals surface area contributed by atoms with E-state index in [0.29, 0.717) is 11.0 Å². The topological polar surface area (TPSA) is 98.1 Å². The van der Waals surface area contributed by atoms with Gasteiger partial charge < -0.3 is 10.1 Å². The van der Waals surface area contributed by atoms with E-state index in [1.807, 2.05) is 30.3 Å². The van der Waals surface area contributed by atoms with E-state index in [1.165, 1.54) is 12.1 Å². The number of benzene rings is 2. The molecule has 1 fully saturated rings. The first-order chi connectivity index (χ1) is 16.1. The van der Waals surface area contributed by atoms with E-state index >= 15 is 0 Å². The van der Waals surface area contributed by atoms with Gasteiger partial charge in [0, 0.05) is 11.7 Å². The fourth-order valence-corrected chi connectivity index (χ4v) is 4.38. The van der Waals surface area contributed by atoms with Gasteiger partial charge in [-0.2, -0.15) is 0 Å². The summed E-state index contributed by atoms with van der Waals surface area (Å²) in [5, 5.41) is 14.0. The molecule has 0 saturated heterocycles. The number of urea groups is 1. The molecular formula is C23H24FN5O3S. The first-order valence-corrected chi connectivity index (χ1v) is 11.7. The fraction of sp³-hybridized carbons (Fsp3) is 0.304. The smallest absolute Gasteiger partial charge is 0.321 e. The monoisotopic (exact) mass is 469 g/mol. The number of carbonyl (C=O) groups is 2. The Bertz CT molecular complexity index is 1100. The van der Waals surface area contributed by atoms with Crippen LogP contribution in [0.3, 0.4) is 0 Å². The van der Waals surface area contributed by atoms with Gasteiger partial charge in [-0.25, -0.2) is 9.18 Å². The van der Waals surface area contributed by atoms with Crippen LogP contribution in [0.1, 0.15) is 31.5 Å². The van der Waals surface area contributed by atoms with Crippen molar-refractivity contribution in [1.82, 2.24) is 25.4 Å². The number of nitrogens with zero attached hydrogens (tertiary/aromatic N) is 3. The van der Waals surface area contributed by atoms with Crippen molar-refractivity contribution in [3.05, 3.63) is 66.2 Å². The van der Waals surface area contributed by atoms with Crippen LogP contribution in [-0.4, -0.2) is 38.5 Å². The van der Waals surface area contributed by atoms with Crippen LogP contribution in [0.5, 0.6) is 5.75 Å². The van der Waals surface area contributed by atoms with Gasteiger partial charge in [-0.3, -0.25) is 14.7 Å². The highest BCUT2D eigenvalue weighted by atomic mass is 32.2. The van der Waals surface area contributed by atoms with Crippen molar-refractivity contribution in [2.24, 2.45) is 0 Å². The zero-order valence-electron chi connectivity index (χ0n) is 17.9. The summed E-state index contributed by atoms with van der Waals surface area (Å²) in [5.74, 6) is -0.349. The molecule has 2 N–H and O–H groups in total. The second-order valence-electron chi connectivity index (χ2n) is 7.58. The lowest BCUT2D eigenvalue weighted by atomic mass is 10.2. The van der Waals surface area contributed by atoms with E-state index in [1.54, 1.807) is 16.7 Å². The molecule has 33 heavy (non-hydrogen) atoms. The highest BCUT2D eigenvalue weighted by Crippen LogP contribution is 2.24. The minimum Gasteiger partial charge on any atom is -0.483 e. The highest BCUT2D eigenvalue weighted by molar-refractivity contribution is 7.99. The second kappa shape index (κ2) is 11.0. The Morgan fingerprint density at radius 3 is 2.55 bits per heavy atom. The zero-order valence-corrected chi connectivity index (χ0v) is 18.7. The van der Waals surface area contributed by atoms with Crippen molar-refractivity contribution in [2.45, 2.75) is 43.5 Å². The molecule has 0 spiro atoms. The number of para-hydroxylation sites is 2. The summed E-state index contributed by atoms with van der Waals surface area (Å²) < 4.78 is 21.3. The predicted octanol–water partition coefficient (Wildman–Crippen LogP) is 3.85. The highest BCUT2D eigenvalue weighted by Gasteiger charge is 2.20. The Kier molecular flexibility index (Phi) is 7.56. The molecule has 0 unspecified atom stereocenters. The van der Waals surface area contributed by atoms with Gasteiger partial charge in [0.05, 0.1) is 5.75 Å². The Morgan fingerprint density at radius 2 is 1.79 bits per heavy atom. The van der Waals surface area contributed by atoms with E-state index in [4.69, 9.17) is 4.74 Å². The summed E-state index contributed by atoms with van der Waals surface area (Å²) in [7, 11) is 0. The molecule has 0 bridgehead atoms. The Balaban J connectivity index is 1.42. The molecule has 0 radical (unpaired) electrons. The molecule has 1 aliphatic carbocycles. The van der Waals surface area contributed by atoms with Crippen LogP contribution in [0.25, 0.3) is 5.69 Å². The first-order valence-electron chi connectivity index (χ1n) is 10.7. The van der Waals surface area contributed by atoms with Crippen molar-refractivity contribution in [1.29, 1.82) is 0 Å². The van der Waals surface area contributed by atoms with Gasteiger partial charge in [0.15, 0.2) is 22.5 Å². The van der Waals surface area contributed by atoms with Gasteiger partial charge in [-0.15, -0.1) is 10.2 Å². The third-order valence-corrected chi connectivity index (χ3v) is 6.11. The molecule has 8 nitrogen and oxygen atoms in total. The molecule has 2 aromatic carbocycles. The molecular weight excluding hydrogens is 445 g/mol. The number of hydrogen-bond acceptors (Lipinski definition) is 6. The largest absolute Gasteiger partial charge is 0.483 e. The zero-order chi connectivity index (χ0) is 23.0. The van der Waals surface area contributed by atoms with Crippen LogP contribution < -0.4 is 15.4 Å². The average molecular weight is 470 g/mol. The van der Waals surface area contributed by atoms with Crippen LogP contribution in [0.15, 0.2) is 59.8 Å². The van der Waals surface area contributed by atoms with Crippen molar-refractivity contribution in [2.75, 3.05) is 5.75 Å². The van der Waals surface area contributed by atoms with E-state index in [0.717, 1.165) is 43.1 Å². The molecule has 0 atom stereocenters. The van der Waals surface area contributed by atoms with Crippen LogP contribution >= 0.6 is 11.8 Å². The first kappa shape index (κ1) is 22.8. The van der Waals surface area contributed by atoms with Crippen LogP contribution in [0.2, 0.25) is 0 Å². The Hall–Kier alpha value is -3.40. The lowest BCUT2D eigenvalue weighted by molar-refractivity contribution is -0.117. The maximum Gasteiger partial charge on any atom is 0.321 e. The van der Waals surface area contributed by atoms with Crippen LogP contribution in [0, 0.1) is 5.82 Å². The molecule has 172 valence electrons. The summed E-state index contributed by atoms with van der Waals surface area (Å²) in [5.41, 5.74) is 0.775. The lowest BCUT2D eigenvalue weighted by Gasteiger charge is -2.13. The van der Waals surface area contributed by atoms with Gasteiger partial charge in [0.25, 0.3) is 0 Å². The molecule has 1 aliphatic rings. The summed E-state index contributed by atoms with van der Waals surface area (Å²) in [4.78, 5) is 24.3. The molecule has 3 aromatic rings. The summed E-state index contributed by atoms with van der Waals surface area (Å²) >= 11 is 1.15. The molecule has 1 saturated carbocycles. The van der Waals surface area contributed by atoms with E-state index in [2.05, 4.69) is 20.8 Å².